The van der Waals surface area contributed by atoms with Gasteiger partial charge in [0.2, 0.25) is 5.91 Å². The van der Waals surface area contributed by atoms with Crippen LogP contribution in [-0.4, -0.2) is 45.7 Å². The second-order valence-electron chi connectivity index (χ2n) is 5.41. The van der Waals surface area contributed by atoms with Crippen LogP contribution in [0.3, 0.4) is 0 Å². The van der Waals surface area contributed by atoms with E-state index in [-0.39, 0.29) is 12.0 Å². The molecule has 0 spiro atoms. The van der Waals surface area contributed by atoms with E-state index in [9.17, 15) is 4.79 Å². The lowest BCUT2D eigenvalue weighted by Crippen LogP contribution is -2.25. The van der Waals surface area contributed by atoms with E-state index in [2.05, 4.69) is 26.7 Å². The van der Waals surface area contributed by atoms with Crippen molar-refractivity contribution in [3.8, 4) is 10.7 Å². The fourth-order valence-corrected chi connectivity index (χ4v) is 4.00. The maximum Gasteiger partial charge on any atom is 0.230 e. The van der Waals surface area contributed by atoms with Gasteiger partial charge in [0.25, 0.3) is 0 Å². The molecule has 8 heteroatoms. The third-order valence-electron chi connectivity index (χ3n) is 3.64. The van der Waals surface area contributed by atoms with Crippen molar-refractivity contribution in [2.45, 2.75) is 30.6 Å². The summed E-state index contributed by atoms with van der Waals surface area (Å²) in [5, 5.41) is 14.2. The molecule has 0 bridgehead atoms. The van der Waals surface area contributed by atoms with Crippen LogP contribution in [0.5, 0.6) is 0 Å². The number of ether oxygens (including phenoxy) is 1. The molecular weight excluding hydrogens is 344 g/mol. The highest BCUT2D eigenvalue weighted by Gasteiger charge is 2.22. The molecule has 2 aromatic rings. The van der Waals surface area contributed by atoms with E-state index in [0.717, 1.165) is 41.9 Å². The highest BCUT2D eigenvalue weighted by molar-refractivity contribution is 7.99. The summed E-state index contributed by atoms with van der Waals surface area (Å²) in [5.74, 6) is 1.11. The fraction of sp³-hybridized carbons (Fsp3) is 0.438. The van der Waals surface area contributed by atoms with Crippen molar-refractivity contribution in [2.24, 2.45) is 0 Å². The molecular formula is C16H20N4O2S2. The molecule has 3 heterocycles. The van der Waals surface area contributed by atoms with E-state index in [1.807, 2.05) is 17.5 Å². The molecule has 1 fully saturated rings. The zero-order valence-corrected chi connectivity index (χ0v) is 14.9. The summed E-state index contributed by atoms with van der Waals surface area (Å²) in [6.45, 7) is 5.60. The molecule has 1 N–H and O–H groups in total. The number of nitrogens with one attached hydrogen (secondary N) is 1. The Hall–Kier alpha value is -1.64. The first-order valence-corrected chi connectivity index (χ1v) is 9.73. The van der Waals surface area contributed by atoms with Gasteiger partial charge < -0.3 is 10.1 Å². The molecule has 1 aliphatic rings. The quantitative estimate of drug-likeness (QED) is 0.576. The van der Waals surface area contributed by atoms with Crippen molar-refractivity contribution in [3.63, 3.8) is 0 Å². The number of rotatable bonds is 8. The van der Waals surface area contributed by atoms with Crippen molar-refractivity contribution >= 4 is 29.0 Å². The Balaban J connectivity index is 1.74. The van der Waals surface area contributed by atoms with E-state index in [4.69, 9.17) is 4.74 Å². The monoisotopic (exact) mass is 364 g/mol. The fourth-order valence-electron chi connectivity index (χ4n) is 2.51. The number of nitrogens with zero attached hydrogens (tertiary/aromatic N) is 3. The summed E-state index contributed by atoms with van der Waals surface area (Å²) in [6.07, 6.45) is 3.99. The predicted molar refractivity (Wildman–Crippen MR) is 96.2 cm³/mol. The second kappa shape index (κ2) is 8.46. The van der Waals surface area contributed by atoms with Gasteiger partial charge in [0.15, 0.2) is 11.0 Å². The molecule has 2 aromatic heterocycles. The Morgan fingerprint density at radius 1 is 1.58 bits per heavy atom. The molecule has 1 amide bonds. The first kappa shape index (κ1) is 17.2. The first-order chi connectivity index (χ1) is 11.8. The number of aromatic nitrogens is 3. The van der Waals surface area contributed by atoms with Gasteiger partial charge in [0.05, 0.1) is 23.3 Å². The smallest absolute Gasteiger partial charge is 0.230 e. The van der Waals surface area contributed by atoms with Crippen LogP contribution < -0.4 is 5.32 Å². The molecule has 0 saturated carbocycles. The van der Waals surface area contributed by atoms with Gasteiger partial charge in [-0.15, -0.1) is 28.1 Å². The van der Waals surface area contributed by atoms with Crippen LogP contribution in [0, 0.1) is 0 Å². The van der Waals surface area contributed by atoms with Crippen molar-refractivity contribution in [3.05, 3.63) is 30.2 Å². The number of thioether (sulfide) groups is 1. The maximum atomic E-state index is 11.8. The molecule has 6 nitrogen and oxygen atoms in total. The molecule has 3 rings (SSSR count). The van der Waals surface area contributed by atoms with Gasteiger partial charge in [-0.1, -0.05) is 23.9 Å². The minimum Gasteiger partial charge on any atom is -0.376 e. The van der Waals surface area contributed by atoms with Crippen molar-refractivity contribution in [1.82, 2.24) is 20.1 Å². The molecule has 0 radical (unpaired) electrons. The third kappa shape index (κ3) is 4.25. The molecule has 24 heavy (non-hydrogen) atoms. The van der Waals surface area contributed by atoms with E-state index >= 15 is 0 Å². The predicted octanol–water partition coefficient (Wildman–Crippen LogP) is 2.58. The first-order valence-electron chi connectivity index (χ1n) is 7.87. The highest BCUT2D eigenvalue weighted by atomic mass is 32.2. The Labute approximate surface area is 149 Å². The zero-order valence-electron chi connectivity index (χ0n) is 13.3. The second-order valence-corrected chi connectivity index (χ2v) is 7.30. The maximum absolute atomic E-state index is 11.8. The van der Waals surface area contributed by atoms with Gasteiger partial charge in [0.1, 0.15) is 0 Å². The van der Waals surface area contributed by atoms with E-state index in [0.29, 0.717) is 12.3 Å². The lowest BCUT2D eigenvalue weighted by molar-refractivity contribution is -0.118. The molecule has 1 atom stereocenters. The van der Waals surface area contributed by atoms with Crippen molar-refractivity contribution in [2.75, 3.05) is 18.9 Å². The number of hydrogen-bond donors (Lipinski definition) is 1. The highest BCUT2D eigenvalue weighted by Crippen LogP contribution is 2.28. The van der Waals surface area contributed by atoms with Crippen LogP contribution >= 0.6 is 23.1 Å². The SMILES string of the molecule is C=CCNC(=O)CSc1nnc(-c2cccs2)n1CC1CCCO1. The van der Waals surface area contributed by atoms with Gasteiger partial charge >= 0.3 is 0 Å². The van der Waals surface area contributed by atoms with Crippen LogP contribution in [0.15, 0.2) is 35.3 Å². The lowest BCUT2D eigenvalue weighted by Gasteiger charge is -2.14. The van der Waals surface area contributed by atoms with Crippen LogP contribution in [-0.2, 0) is 16.1 Å². The molecule has 1 aliphatic heterocycles. The van der Waals surface area contributed by atoms with Crippen molar-refractivity contribution in [1.29, 1.82) is 0 Å². The van der Waals surface area contributed by atoms with E-state index < -0.39 is 0 Å². The third-order valence-corrected chi connectivity index (χ3v) is 5.48. The Morgan fingerprint density at radius 2 is 2.50 bits per heavy atom. The minimum atomic E-state index is -0.0377. The average Bonchev–Trinajstić information content (AvgIpc) is 3.33. The number of amides is 1. The van der Waals surface area contributed by atoms with Gasteiger partial charge in [-0.2, -0.15) is 0 Å². The summed E-state index contributed by atoms with van der Waals surface area (Å²) in [5.41, 5.74) is 0. The van der Waals surface area contributed by atoms with E-state index in [1.54, 1.807) is 17.4 Å². The molecule has 0 aromatic carbocycles. The molecule has 1 unspecified atom stereocenters. The Morgan fingerprint density at radius 3 is 3.21 bits per heavy atom. The van der Waals surface area contributed by atoms with Gasteiger partial charge in [0, 0.05) is 13.2 Å². The lowest BCUT2D eigenvalue weighted by atomic mass is 10.2. The van der Waals surface area contributed by atoms with Crippen LogP contribution in [0.2, 0.25) is 0 Å². The molecule has 0 aliphatic carbocycles. The van der Waals surface area contributed by atoms with Crippen LogP contribution in [0.4, 0.5) is 0 Å². The zero-order chi connectivity index (χ0) is 16.8. The van der Waals surface area contributed by atoms with Crippen molar-refractivity contribution < 1.29 is 9.53 Å². The number of carbonyl (C=O) groups is 1. The summed E-state index contributed by atoms with van der Waals surface area (Å²) >= 11 is 3.03. The van der Waals surface area contributed by atoms with E-state index in [1.165, 1.54) is 11.8 Å². The minimum absolute atomic E-state index is 0.0377. The summed E-state index contributed by atoms with van der Waals surface area (Å²) in [6, 6.07) is 4.03. The largest absolute Gasteiger partial charge is 0.376 e. The average molecular weight is 364 g/mol. The van der Waals surface area contributed by atoms with Gasteiger partial charge in [-0.3, -0.25) is 9.36 Å². The molecule has 1 saturated heterocycles. The Bertz CT molecular complexity index is 678. The van der Waals surface area contributed by atoms with Crippen LogP contribution in [0.25, 0.3) is 10.7 Å². The number of carbonyl (C=O) groups excluding carboxylic acids is 1. The topological polar surface area (TPSA) is 69.0 Å². The van der Waals surface area contributed by atoms with Gasteiger partial charge in [-0.05, 0) is 24.3 Å². The normalized spacial score (nSPS) is 17.1. The summed E-state index contributed by atoms with van der Waals surface area (Å²) in [4.78, 5) is 12.9. The summed E-state index contributed by atoms with van der Waals surface area (Å²) < 4.78 is 7.84. The van der Waals surface area contributed by atoms with Crippen LogP contribution in [0.1, 0.15) is 12.8 Å². The summed E-state index contributed by atoms with van der Waals surface area (Å²) in [7, 11) is 0. The number of hydrogen-bond acceptors (Lipinski definition) is 6. The number of thiophene rings is 1. The molecule has 128 valence electrons. The Kier molecular flexibility index (Phi) is 6.06. The standard InChI is InChI=1S/C16H20N4O2S2/c1-2-7-17-14(21)11-24-16-19-18-15(13-6-4-9-23-13)20(16)10-12-5-3-8-22-12/h2,4,6,9,12H,1,3,5,7-8,10-11H2,(H,17,21). The van der Waals surface area contributed by atoms with Gasteiger partial charge in [-0.25, -0.2) is 0 Å².